The molecule has 3 N–H and O–H groups in total. The summed E-state index contributed by atoms with van der Waals surface area (Å²) in [6, 6.07) is 18.1. The Balaban J connectivity index is 1.20. The summed E-state index contributed by atoms with van der Waals surface area (Å²) < 4.78 is 11.0. The van der Waals surface area contributed by atoms with Gasteiger partial charge >= 0.3 is 0 Å². The molecule has 2 heterocycles. The summed E-state index contributed by atoms with van der Waals surface area (Å²) >= 11 is 0. The molecule has 3 unspecified atom stereocenters. The molecule has 3 aliphatic rings. The van der Waals surface area contributed by atoms with Gasteiger partial charge in [0.1, 0.15) is 23.6 Å². The van der Waals surface area contributed by atoms with Crippen molar-refractivity contribution in [1.82, 2.24) is 15.3 Å². The van der Waals surface area contributed by atoms with Crippen molar-refractivity contribution in [1.29, 1.82) is 0 Å². The molecule has 2 fully saturated rings. The fourth-order valence-corrected chi connectivity index (χ4v) is 6.67. The third-order valence-corrected chi connectivity index (χ3v) is 8.69. The van der Waals surface area contributed by atoms with Gasteiger partial charge in [-0.2, -0.15) is 0 Å². The molecule has 0 spiro atoms. The van der Waals surface area contributed by atoms with E-state index in [1.54, 1.807) is 25.6 Å². The summed E-state index contributed by atoms with van der Waals surface area (Å²) in [7, 11) is 1.61. The molecular weight excluding hydrogens is 502 g/mol. The Hall–Kier alpha value is -4.04. The van der Waals surface area contributed by atoms with Gasteiger partial charge in [-0.25, -0.2) is 9.97 Å². The summed E-state index contributed by atoms with van der Waals surface area (Å²) in [6.07, 6.45) is 8.91. The third kappa shape index (κ3) is 4.88. The van der Waals surface area contributed by atoms with E-state index in [0.29, 0.717) is 24.3 Å². The highest BCUT2D eigenvalue weighted by molar-refractivity contribution is 6.17. The van der Waals surface area contributed by atoms with Crippen LogP contribution in [0, 0.1) is 11.8 Å². The molecule has 0 radical (unpaired) electrons. The Bertz CT molecular complexity index is 1430. The van der Waals surface area contributed by atoms with E-state index < -0.39 is 0 Å². The molecule has 2 saturated carbocycles. The monoisotopic (exact) mass is 537 g/mol. The highest BCUT2D eigenvalue weighted by atomic mass is 16.5. The van der Waals surface area contributed by atoms with E-state index in [1.807, 2.05) is 54.6 Å². The Kier molecular flexibility index (Phi) is 7.11. The number of nitrogens with two attached hydrogens (primary N) is 1. The maximum Gasteiger partial charge on any atom is 0.243 e. The normalized spacial score (nSPS) is 26.9. The number of carbonyl (C=O) groups excluding carboxylic acids is 1. The van der Waals surface area contributed by atoms with Crippen LogP contribution in [0.25, 0.3) is 0 Å². The molecule has 6 rings (SSSR count). The minimum atomic E-state index is -0.157. The Morgan fingerprint density at radius 2 is 1.77 bits per heavy atom. The largest absolute Gasteiger partial charge is 0.457 e. The van der Waals surface area contributed by atoms with E-state index in [-0.39, 0.29) is 23.4 Å². The van der Waals surface area contributed by atoms with Gasteiger partial charge in [-0.1, -0.05) is 31.2 Å². The van der Waals surface area contributed by atoms with Crippen LogP contribution < -0.4 is 15.8 Å². The maximum atomic E-state index is 12.2. The molecule has 2 aliphatic carbocycles. The predicted molar refractivity (Wildman–Crippen MR) is 155 cm³/mol. The molecule has 3 atom stereocenters. The summed E-state index contributed by atoms with van der Waals surface area (Å²) in [6.45, 7) is 2.71. The van der Waals surface area contributed by atoms with Crippen LogP contribution in [0.1, 0.15) is 49.4 Å². The van der Waals surface area contributed by atoms with Crippen LogP contribution >= 0.6 is 0 Å². The van der Waals surface area contributed by atoms with Crippen LogP contribution in [0.15, 0.2) is 78.1 Å². The average molecular weight is 538 g/mol. The van der Waals surface area contributed by atoms with Crippen molar-refractivity contribution in [3.05, 3.63) is 89.9 Å². The van der Waals surface area contributed by atoms with Crippen molar-refractivity contribution in [2.24, 2.45) is 16.8 Å². The molecule has 3 aromatic rings. The van der Waals surface area contributed by atoms with E-state index in [2.05, 4.69) is 17.2 Å². The molecule has 206 valence electrons. The fraction of sp³-hybridized carbons (Fsp3) is 0.375. The average Bonchev–Trinajstić information content (AvgIpc) is 3.59. The number of hydrogen-bond donors (Lipinski definition) is 2. The highest BCUT2D eigenvalue weighted by Crippen LogP contribution is 2.64. The number of nitrogens with one attached hydrogen (secondary N) is 1. The summed E-state index contributed by atoms with van der Waals surface area (Å²) in [5.41, 5.74) is 9.99. The second kappa shape index (κ2) is 10.8. The zero-order valence-corrected chi connectivity index (χ0v) is 22.9. The number of benzene rings is 2. The predicted octanol–water partition coefficient (Wildman–Crippen LogP) is 4.84. The minimum absolute atomic E-state index is 0.0527. The van der Waals surface area contributed by atoms with Crippen molar-refractivity contribution in [2.75, 3.05) is 19.5 Å². The van der Waals surface area contributed by atoms with Crippen molar-refractivity contribution in [2.45, 2.75) is 50.1 Å². The first-order valence-electron chi connectivity index (χ1n) is 14.0. The Morgan fingerprint density at radius 1 is 1.05 bits per heavy atom. The van der Waals surface area contributed by atoms with Gasteiger partial charge in [0.05, 0.1) is 29.6 Å². The van der Waals surface area contributed by atoms with Crippen molar-refractivity contribution in [3.63, 3.8) is 0 Å². The summed E-state index contributed by atoms with van der Waals surface area (Å²) in [5.74, 6) is 2.87. The molecule has 1 aromatic heterocycles. The molecule has 8 heteroatoms. The molecule has 40 heavy (non-hydrogen) atoms. The van der Waals surface area contributed by atoms with Crippen molar-refractivity contribution in [3.8, 4) is 11.5 Å². The van der Waals surface area contributed by atoms with Gasteiger partial charge in [0.25, 0.3) is 0 Å². The lowest BCUT2D eigenvalue weighted by Gasteiger charge is -2.30. The van der Waals surface area contributed by atoms with Crippen LogP contribution in [-0.2, 0) is 14.9 Å². The van der Waals surface area contributed by atoms with E-state index in [0.717, 1.165) is 59.7 Å². The zero-order valence-electron chi connectivity index (χ0n) is 22.9. The van der Waals surface area contributed by atoms with E-state index >= 15 is 0 Å². The van der Waals surface area contributed by atoms with Gasteiger partial charge in [-0.3, -0.25) is 9.79 Å². The number of anilines is 1. The first kappa shape index (κ1) is 26.2. The van der Waals surface area contributed by atoms with Crippen LogP contribution in [0.2, 0.25) is 0 Å². The van der Waals surface area contributed by atoms with Crippen molar-refractivity contribution < 1.29 is 14.3 Å². The molecule has 8 nitrogen and oxygen atoms in total. The van der Waals surface area contributed by atoms with Gasteiger partial charge in [0.15, 0.2) is 0 Å². The Morgan fingerprint density at radius 3 is 2.50 bits per heavy atom. The third-order valence-electron chi connectivity index (χ3n) is 8.69. The number of nitrogen functional groups attached to an aromatic ring is 1. The lowest BCUT2D eigenvalue weighted by molar-refractivity contribution is -0.117. The lowest BCUT2D eigenvalue weighted by Crippen LogP contribution is -2.37. The van der Waals surface area contributed by atoms with Crippen LogP contribution in [-0.4, -0.2) is 47.4 Å². The molecular formula is C32H35N5O3. The van der Waals surface area contributed by atoms with E-state index in [4.69, 9.17) is 25.2 Å². The van der Waals surface area contributed by atoms with Crippen molar-refractivity contribution >= 4 is 17.4 Å². The number of aromatic nitrogens is 2. The van der Waals surface area contributed by atoms with Crippen LogP contribution in [0.4, 0.5) is 5.82 Å². The Labute approximate surface area is 234 Å². The smallest absolute Gasteiger partial charge is 0.243 e. The molecule has 2 aromatic carbocycles. The second-order valence-corrected chi connectivity index (χ2v) is 11.1. The first-order valence-corrected chi connectivity index (χ1v) is 14.0. The van der Waals surface area contributed by atoms with Gasteiger partial charge in [-0.05, 0) is 73.9 Å². The maximum absolute atomic E-state index is 12.2. The van der Waals surface area contributed by atoms with Crippen LogP contribution in [0.3, 0.4) is 0 Å². The number of para-hydroxylation sites is 1. The van der Waals surface area contributed by atoms with E-state index in [1.165, 1.54) is 0 Å². The topological polar surface area (TPSA) is 112 Å². The summed E-state index contributed by atoms with van der Waals surface area (Å²) in [4.78, 5) is 26.6. The number of nitrogens with zero attached hydrogens (tertiary/aromatic N) is 3. The van der Waals surface area contributed by atoms with Crippen LogP contribution in [0.5, 0.6) is 11.5 Å². The number of methoxy groups -OCH3 is 1. The second-order valence-electron chi connectivity index (χ2n) is 11.1. The fourth-order valence-electron chi connectivity index (χ4n) is 6.67. The minimum Gasteiger partial charge on any atom is -0.457 e. The highest BCUT2D eigenvalue weighted by Gasteiger charge is 2.68. The zero-order chi connectivity index (χ0) is 27.7. The van der Waals surface area contributed by atoms with Gasteiger partial charge in [0.2, 0.25) is 5.91 Å². The standard InChI is InChI=1S/C32H35N5O3/c1-32-27(20-10-14-22(15-11-20)36-25(38)9-6-18-39-2)30(32)37-28(26-29(32)34-19-35-31(26)33)21-12-16-24(17-13-21)40-23-7-4-3-5-8-23/h3-9,12-13,16-17,19-20,22,27,30H,10-11,14-15,18H2,1-2H3,(H,36,38)(H2,33,34,35). The number of ether oxygens (including phenoxy) is 2. The van der Waals surface area contributed by atoms with Gasteiger partial charge in [-0.15, -0.1) is 0 Å². The SMILES string of the molecule is COCC=CC(=O)NC1CCC(C2C3N=C(c4ccc(Oc5ccccc5)cc4)c4c(N)ncnc4C32C)CC1. The quantitative estimate of drug-likeness (QED) is 0.398. The summed E-state index contributed by atoms with van der Waals surface area (Å²) in [5, 5.41) is 3.15. The van der Waals surface area contributed by atoms with Gasteiger partial charge < -0.3 is 20.5 Å². The number of fused-ring (bicyclic) bond motifs is 3. The molecule has 0 saturated heterocycles. The molecule has 1 aliphatic heterocycles. The molecule has 0 bridgehead atoms. The number of rotatable bonds is 8. The lowest BCUT2D eigenvalue weighted by atomic mass is 9.79. The number of aliphatic imine (C=N–C) groups is 1. The first-order chi connectivity index (χ1) is 19.5. The number of carbonyl (C=O) groups is 1. The van der Waals surface area contributed by atoms with E-state index in [9.17, 15) is 4.79 Å². The number of amides is 1. The van der Waals surface area contributed by atoms with Gasteiger partial charge in [0, 0.05) is 30.2 Å². The molecule has 1 amide bonds. The number of hydrogen-bond acceptors (Lipinski definition) is 7.